The molecule has 0 unspecified atom stereocenters. The fraction of sp³-hybridized carbons (Fsp3) is 0.647. The predicted molar refractivity (Wildman–Crippen MR) is 78.5 cm³/mol. The summed E-state index contributed by atoms with van der Waals surface area (Å²) in [6.07, 6.45) is 6.32. The van der Waals surface area contributed by atoms with Crippen LogP contribution in [0.25, 0.3) is 0 Å². The molecule has 2 aliphatic heterocycles. The van der Waals surface area contributed by atoms with E-state index in [9.17, 15) is 0 Å². The van der Waals surface area contributed by atoms with Gasteiger partial charge in [0, 0.05) is 13.2 Å². The van der Waals surface area contributed by atoms with Crippen LogP contribution < -0.4 is 5.32 Å². The molecule has 0 amide bonds. The van der Waals surface area contributed by atoms with E-state index in [2.05, 4.69) is 29.6 Å². The SMILES string of the molecule is c1ccc(C2CCNCC2)c(CC2CCOCC2)c1. The van der Waals surface area contributed by atoms with E-state index < -0.39 is 0 Å². The Morgan fingerprint density at radius 1 is 1.00 bits per heavy atom. The van der Waals surface area contributed by atoms with Gasteiger partial charge in [0.15, 0.2) is 0 Å². The average Bonchev–Trinajstić information content (AvgIpc) is 2.50. The number of benzene rings is 1. The molecule has 2 nitrogen and oxygen atoms in total. The minimum absolute atomic E-state index is 0.775. The maximum absolute atomic E-state index is 5.48. The lowest BCUT2D eigenvalue weighted by molar-refractivity contribution is 0.0664. The molecule has 19 heavy (non-hydrogen) atoms. The molecule has 1 aromatic rings. The van der Waals surface area contributed by atoms with Crippen molar-refractivity contribution in [3.8, 4) is 0 Å². The highest BCUT2D eigenvalue weighted by Gasteiger charge is 2.20. The van der Waals surface area contributed by atoms with E-state index in [4.69, 9.17) is 4.74 Å². The molecular formula is C17H25NO. The average molecular weight is 259 g/mol. The number of hydrogen-bond acceptors (Lipinski definition) is 2. The summed E-state index contributed by atoms with van der Waals surface area (Å²) in [4.78, 5) is 0. The predicted octanol–water partition coefficient (Wildman–Crippen LogP) is 3.12. The molecule has 2 aliphatic rings. The quantitative estimate of drug-likeness (QED) is 0.900. The van der Waals surface area contributed by atoms with Crippen LogP contribution in [0, 0.1) is 5.92 Å². The van der Waals surface area contributed by atoms with Crippen molar-refractivity contribution in [3.63, 3.8) is 0 Å². The fourth-order valence-electron chi connectivity index (χ4n) is 3.51. The lowest BCUT2D eigenvalue weighted by Gasteiger charge is -2.27. The van der Waals surface area contributed by atoms with Crippen molar-refractivity contribution < 1.29 is 4.74 Å². The van der Waals surface area contributed by atoms with Crippen molar-refractivity contribution in [1.29, 1.82) is 0 Å². The minimum Gasteiger partial charge on any atom is -0.381 e. The Balaban J connectivity index is 1.72. The molecule has 1 aromatic carbocycles. The molecule has 2 fully saturated rings. The molecule has 3 rings (SSSR count). The van der Waals surface area contributed by atoms with E-state index in [-0.39, 0.29) is 0 Å². The van der Waals surface area contributed by atoms with Crippen molar-refractivity contribution in [1.82, 2.24) is 5.32 Å². The summed E-state index contributed by atoms with van der Waals surface area (Å²) in [7, 11) is 0. The first-order valence-corrected chi connectivity index (χ1v) is 7.80. The van der Waals surface area contributed by atoms with Gasteiger partial charge < -0.3 is 10.1 Å². The Kier molecular flexibility index (Phi) is 4.52. The molecule has 0 aromatic heterocycles. The van der Waals surface area contributed by atoms with Crippen LogP contribution in [0.1, 0.15) is 42.7 Å². The van der Waals surface area contributed by atoms with Crippen LogP contribution in [0.4, 0.5) is 0 Å². The van der Waals surface area contributed by atoms with Crippen LogP contribution in [0.3, 0.4) is 0 Å². The molecule has 2 saturated heterocycles. The largest absolute Gasteiger partial charge is 0.381 e. The Morgan fingerprint density at radius 2 is 1.74 bits per heavy atom. The van der Waals surface area contributed by atoms with Gasteiger partial charge in [-0.15, -0.1) is 0 Å². The van der Waals surface area contributed by atoms with Gasteiger partial charge in [0.05, 0.1) is 0 Å². The van der Waals surface area contributed by atoms with Crippen molar-refractivity contribution in [2.24, 2.45) is 5.92 Å². The zero-order valence-corrected chi connectivity index (χ0v) is 11.7. The number of nitrogens with one attached hydrogen (secondary N) is 1. The van der Waals surface area contributed by atoms with E-state index in [1.165, 1.54) is 45.2 Å². The summed E-state index contributed by atoms with van der Waals surface area (Å²) < 4.78 is 5.48. The first-order valence-electron chi connectivity index (χ1n) is 7.80. The topological polar surface area (TPSA) is 21.3 Å². The van der Waals surface area contributed by atoms with Gasteiger partial charge in [0.25, 0.3) is 0 Å². The molecule has 0 aliphatic carbocycles. The highest BCUT2D eigenvalue weighted by Crippen LogP contribution is 2.30. The smallest absolute Gasteiger partial charge is 0.0468 e. The van der Waals surface area contributed by atoms with Gasteiger partial charge in [0.1, 0.15) is 0 Å². The van der Waals surface area contributed by atoms with E-state index >= 15 is 0 Å². The van der Waals surface area contributed by atoms with Crippen LogP contribution in [0.5, 0.6) is 0 Å². The van der Waals surface area contributed by atoms with Crippen LogP contribution in [-0.2, 0) is 11.2 Å². The Bertz CT molecular complexity index is 392. The zero-order valence-electron chi connectivity index (χ0n) is 11.7. The molecule has 0 spiro atoms. The van der Waals surface area contributed by atoms with E-state index in [0.29, 0.717) is 0 Å². The molecule has 0 atom stereocenters. The third-order valence-electron chi connectivity index (χ3n) is 4.68. The van der Waals surface area contributed by atoms with Crippen LogP contribution >= 0.6 is 0 Å². The summed E-state index contributed by atoms with van der Waals surface area (Å²) in [5.41, 5.74) is 3.22. The van der Waals surface area contributed by atoms with Gasteiger partial charge >= 0.3 is 0 Å². The lowest BCUT2D eigenvalue weighted by atomic mass is 9.83. The zero-order chi connectivity index (χ0) is 12.9. The summed E-state index contributed by atoms with van der Waals surface area (Å²) in [6.45, 7) is 4.27. The van der Waals surface area contributed by atoms with Gasteiger partial charge in [-0.05, 0) is 68.2 Å². The van der Waals surface area contributed by atoms with Crippen molar-refractivity contribution >= 4 is 0 Å². The summed E-state index contributed by atoms with van der Waals surface area (Å²) in [6, 6.07) is 9.14. The number of ether oxygens (including phenoxy) is 1. The van der Waals surface area contributed by atoms with Gasteiger partial charge in [-0.3, -0.25) is 0 Å². The molecule has 104 valence electrons. The number of piperidine rings is 1. The van der Waals surface area contributed by atoms with Crippen molar-refractivity contribution in [3.05, 3.63) is 35.4 Å². The number of hydrogen-bond donors (Lipinski definition) is 1. The molecule has 1 N–H and O–H groups in total. The second-order valence-corrected chi connectivity index (χ2v) is 5.98. The maximum Gasteiger partial charge on any atom is 0.0468 e. The van der Waals surface area contributed by atoms with E-state index in [1.807, 2.05) is 0 Å². The minimum atomic E-state index is 0.775. The van der Waals surface area contributed by atoms with Crippen LogP contribution in [0.15, 0.2) is 24.3 Å². The molecule has 0 bridgehead atoms. The fourth-order valence-corrected chi connectivity index (χ4v) is 3.51. The highest BCUT2D eigenvalue weighted by atomic mass is 16.5. The van der Waals surface area contributed by atoms with Gasteiger partial charge in [-0.1, -0.05) is 24.3 Å². The van der Waals surface area contributed by atoms with Gasteiger partial charge in [-0.2, -0.15) is 0 Å². The molecular weight excluding hydrogens is 234 g/mol. The normalized spacial score (nSPS) is 22.5. The van der Waals surface area contributed by atoms with Crippen LogP contribution in [-0.4, -0.2) is 26.3 Å². The first kappa shape index (κ1) is 13.1. The second kappa shape index (κ2) is 6.53. The van der Waals surface area contributed by atoms with E-state index in [0.717, 1.165) is 25.0 Å². The second-order valence-electron chi connectivity index (χ2n) is 5.98. The monoisotopic (exact) mass is 259 g/mol. The Labute approximate surface area is 116 Å². The Hall–Kier alpha value is -0.860. The van der Waals surface area contributed by atoms with Gasteiger partial charge in [0.2, 0.25) is 0 Å². The first-order chi connectivity index (χ1) is 9.43. The van der Waals surface area contributed by atoms with Crippen LogP contribution in [0.2, 0.25) is 0 Å². The van der Waals surface area contributed by atoms with Crippen molar-refractivity contribution in [2.45, 2.75) is 38.0 Å². The molecule has 0 saturated carbocycles. The molecule has 2 heteroatoms. The third kappa shape index (κ3) is 3.37. The Morgan fingerprint density at radius 3 is 2.53 bits per heavy atom. The molecule has 2 heterocycles. The number of rotatable bonds is 3. The lowest BCUT2D eigenvalue weighted by Crippen LogP contribution is -2.27. The van der Waals surface area contributed by atoms with Gasteiger partial charge in [-0.25, -0.2) is 0 Å². The third-order valence-corrected chi connectivity index (χ3v) is 4.68. The summed E-state index contributed by atoms with van der Waals surface area (Å²) in [5.74, 6) is 1.61. The molecule has 0 radical (unpaired) electrons. The standard InChI is InChI=1S/C17H25NO/c1-2-4-17(15-5-9-18-10-6-15)16(3-1)13-14-7-11-19-12-8-14/h1-4,14-15,18H,5-13H2. The summed E-state index contributed by atoms with van der Waals surface area (Å²) >= 11 is 0. The maximum atomic E-state index is 5.48. The van der Waals surface area contributed by atoms with E-state index in [1.54, 1.807) is 11.1 Å². The summed E-state index contributed by atoms with van der Waals surface area (Å²) in [5, 5.41) is 3.47. The highest BCUT2D eigenvalue weighted by molar-refractivity contribution is 5.31. The van der Waals surface area contributed by atoms with Crippen molar-refractivity contribution in [2.75, 3.05) is 26.3 Å².